The third kappa shape index (κ3) is 2.79. The van der Waals surface area contributed by atoms with Crippen molar-refractivity contribution in [2.24, 2.45) is 0 Å². The number of nitrogens with one attached hydrogen (secondary N) is 1. The molecule has 0 unspecified atom stereocenters. The number of aromatic nitrogens is 1. The summed E-state index contributed by atoms with van der Waals surface area (Å²) in [5, 5.41) is 6.24. The molecule has 3 N–H and O–H groups in total. The highest BCUT2D eigenvalue weighted by atomic mass is 16.5. The van der Waals surface area contributed by atoms with Gasteiger partial charge >= 0.3 is 0 Å². The number of ether oxygens (including phenoxy) is 1. The molecular weight excluding hydrogens is 234 g/mol. The van der Waals surface area contributed by atoms with E-state index in [1.54, 1.807) is 24.3 Å². The maximum absolute atomic E-state index is 11.9. The van der Waals surface area contributed by atoms with Gasteiger partial charge in [0.05, 0.1) is 19.9 Å². The monoisotopic (exact) mass is 247 g/mol. The van der Waals surface area contributed by atoms with Crippen LogP contribution in [0.15, 0.2) is 35.0 Å². The molecule has 1 heterocycles. The van der Waals surface area contributed by atoms with Crippen molar-refractivity contribution in [1.82, 2.24) is 10.5 Å². The minimum atomic E-state index is -0.253. The molecule has 0 aliphatic heterocycles. The summed E-state index contributed by atoms with van der Waals surface area (Å²) in [5.41, 5.74) is 6.58. The first kappa shape index (κ1) is 12.0. The highest BCUT2D eigenvalue weighted by molar-refractivity contribution is 5.95. The summed E-state index contributed by atoms with van der Waals surface area (Å²) in [7, 11) is 1.52. The van der Waals surface area contributed by atoms with E-state index in [1.165, 1.54) is 13.3 Å². The van der Waals surface area contributed by atoms with E-state index in [9.17, 15) is 4.79 Å². The lowest BCUT2D eigenvalue weighted by Gasteiger charge is -2.06. The van der Waals surface area contributed by atoms with Gasteiger partial charge in [-0.25, -0.2) is 0 Å². The molecule has 0 spiro atoms. The average molecular weight is 247 g/mol. The quantitative estimate of drug-likeness (QED) is 0.792. The summed E-state index contributed by atoms with van der Waals surface area (Å²) < 4.78 is 9.92. The number of carbonyl (C=O) groups is 1. The van der Waals surface area contributed by atoms with Gasteiger partial charge < -0.3 is 20.3 Å². The number of hydrogen-bond donors (Lipinski definition) is 2. The molecule has 0 radical (unpaired) electrons. The van der Waals surface area contributed by atoms with Crippen molar-refractivity contribution in [2.45, 2.75) is 6.54 Å². The molecule has 2 rings (SSSR count). The van der Waals surface area contributed by atoms with Crippen LogP contribution in [0.4, 0.5) is 5.69 Å². The molecule has 94 valence electrons. The number of rotatable bonds is 4. The van der Waals surface area contributed by atoms with Crippen LogP contribution in [0, 0.1) is 0 Å². The Kier molecular flexibility index (Phi) is 3.47. The van der Waals surface area contributed by atoms with Crippen LogP contribution in [0.3, 0.4) is 0 Å². The molecule has 6 heteroatoms. The Morgan fingerprint density at radius 3 is 3.00 bits per heavy atom. The van der Waals surface area contributed by atoms with Gasteiger partial charge in [0.1, 0.15) is 5.75 Å². The second kappa shape index (κ2) is 5.22. The molecule has 0 atom stereocenters. The summed E-state index contributed by atoms with van der Waals surface area (Å²) in [5.74, 6) is 0.871. The van der Waals surface area contributed by atoms with Crippen molar-refractivity contribution < 1.29 is 14.1 Å². The first-order valence-corrected chi connectivity index (χ1v) is 5.31. The molecule has 0 bridgehead atoms. The molecule has 2 aromatic rings. The zero-order valence-electron chi connectivity index (χ0n) is 9.84. The number of amides is 1. The first-order valence-electron chi connectivity index (χ1n) is 5.31. The molecular formula is C12H13N3O3. The molecule has 18 heavy (non-hydrogen) atoms. The van der Waals surface area contributed by atoms with Gasteiger partial charge in [-0.3, -0.25) is 4.79 Å². The Balaban J connectivity index is 2.06. The molecule has 6 nitrogen and oxygen atoms in total. The second-order valence-corrected chi connectivity index (χ2v) is 3.66. The summed E-state index contributed by atoms with van der Waals surface area (Å²) >= 11 is 0. The van der Waals surface area contributed by atoms with Crippen molar-refractivity contribution in [1.29, 1.82) is 0 Å². The summed E-state index contributed by atoms with van der Waals surface area (Å²) in [6.07, 6.45) is 1.52. The van der Waals surface area contributed by atoms with E-state index in [-0.39, 0.29) is 12.5 Å². The topological polar surface area (TPSA) is 90.4 Å². The lowest BCUT2D eigenvalue weighted by Crippen LogP contribution is -2.22. The Morgan fingerprint density at radius 1 is 1.50 bits per heavy atom. The minimum Gasteiger partial charge on any atom is -0.497 e. The van der Waals surface area contributed by atoms with Crippen molar-refractivity contribution in [3.63, 3.8) is 0 Å². The number of anilines is 1. The fourth-order valence-corrected chi connectivity index (χ4v) is 1.47. The lowest BCUT2D eigenvalue weighted by molar-refractivity contribution is 0.0946. The predicted octanol–water partition coefficient (Wildman–Crippen LogP) is 1.20. The van der Waals surface area contributed by atoms with Crippen molar-refractivity contribution in [3.05, 3.63) is 41.8 Å². The molecule has 0 fully saturated rings. The summed E-state index contributed by atoms with van der Waals surface area (Å²) in [4.78, 5) is 11.9. The Bertz CT molecular complexity index is 538. The molecule has 1 aromatic heterocycles. The molecule has 1 aromatic carbocycles. The lowest BCUT2D eigenvalue weighted by atomic mass is 10.1. The third-order valence-corrected chi connectivity index (χ3v) is 2.34. The van der Waals surface area contributed by atoms with Crippen LogP contribution in [0.2, 0.25) is 0 Å². The van der Waals surface area contributed by atoms with E-state index in [0.29, 0.717) is 22.8 Å². The normalized spacial score (nSPS) is 10.1. The van der Waals surface area contributed by atoms with Crippen molar-refractivity contribution in [3.8, 4) is 5.75 Å². The number of hydrogen-bond acceptors (Lipinski definition) is 5. The number of nitrogens with two attached hydrogens (primary N) is 1. The number of methoxy groups -OCH3 is 1. The van der Waals surface area contributed by atoms with Crippen LogP contribution >= 0.6 is 0 Å². The summed E-state index contributed by atoms with van der Waals surface area (Å²) in [6.45, 7) is 0.274. The summed E-state index contributed by atoms with van der Waals surface area (Å²) in [6, 6.07) is 6.53. The van der Waals surface area contributed by atoms with Crippen LogP contribution in [0.25, 0.3) is 0 Å². The van der Waals surface area contributed by atoms with Gasteiger partial charge in [0.25, 0.3) is 5.91 Å². The fraction of sp³-hybridized carbons (Fsp3) is 0.167. The highest BCUT2D eigenvalue weighted by Crippen LogP contribution is 2.18. The number of carbonyl (C=O) groups excluding carboxylic acids is 1. The van der Waals surface area contributed by atoms with Crippen LogP contribution in [-0.2, 0) is 6.54 Å². The minimum absolute atomic E-state index is 0.253. The van der Waals surface area contributed by atoms with Gasteiger partial charge in [-0.1, -0.05) is 5.16 Å². The number of nitrogen functional groups attached to an aromatic ring is 1. The van der Waals surface area contributed by atoms with E-state index in [0.717, 1.165) is 0 Å². The van der Waals surface area contributed by atoms with Gasteiger partial charge in [0, 0.05) is 23.4 Å². The van der Waals surface area contributed by atoms with E-state index in [2.05, 4.69) is 10.5 Å². The van der Waals surface area contributed by atoms with Gasteiger partial charge in [-0.2, -0.15) is 0 Å². The smallest absolute Gasteiger partial charge is 0.251 e. The largest absolute Gasteiger partial charge is 0.497 e. The number of nitrogens with zero attached hydrogens (tertiary/aromatic N) is 1. The van der Waals surface area contributed by atoms with E-state index < -0.39 is 0 Å². The molecule has 0 aliphatic rings. The zero-order valence-corrected chi connectivity index (χ0v) is 9.84. The van der Waals surface area contributed by atoms with E-state index in [1.807, 2.05) is 0 Å². The molecule has 0 aliphatic carbocycles. The van der Waals surface area contributed by atoms with Crippen LogP contribution in [-0.4, -0.2) is 18.2 Å². The van der Waals surface area contributed by atoms with Crippen LogP contribution in [0.5, 0.6) is 5.75 Å². The maximum Gasteiger partial charge on any atom is 0.251 e. The first-order chi connectivity index (χ1) is 8.69. The van der Waals surface area contributed by atoms with Gasteiger partial charge in [-0.15, -0.1) is 0 Å². The van der Waals surface area contributed by atoms with Gasteiger partial charge in [-0.05, 0) is 12.1 Å². The Morgan fingerprint density at radius 2 is 2.33 bits per heavy atom. The Hall–Kier alpha value is -2.50. The van der Waals surface area contributed by atoms with Crippen molar-refractivity contribution >= 4 is 11.6 Å². The van der Waals surface area contributed by atoms with E-state index >= 15 is 0 Å². The van der Waals surface area contributed by atoms with Crippen molar-refractivity contribution in [2.75, 3.05) is 12.8 Å². The molecule has 1 amide bonds. The number of benzene rings is 1. The fourth-order valence-electron chi connectivity index (χ4n) is 1.47. The van der Waals surface area contributed by atoms with Crippen LogP contribution < -0.4 is 15.8 Å². The maximum atomic E-state index is 11.9. The Labute approximate surface area is 104 Å². The SMILES string of the molecule is COc1cc(N)cc(C(=O)NCc2ccno2)c1. The van der Waals surface area contributed by atoms with Crippen LogP contribution in [0.1, 0.15) is 16.1 Å². The molecule has 0 saturated heterocycles. The average Bonchev–Trinajstić information content (AvgIpc) is 2.88. The standard InChI is InChI=1S/C12H13N3O3/c1-17-11-5-8(4-9(13)6-11)12(16)14-7-10-2-3-15-18-10/h2-6H,7,13H2,1H3,(H,14,16). The predicted molar refractivity (Wildman–Crippen MR) is 65.1 cm³/mol. The van der Waals surface area contributed by atoms with Gasteiger partial charge in [0.15, 0.2) is 5.76 Å². The third-order valence-electron chi connectivity index (χ3n) is 2.34. The van der Waals surface area contributed by atoms with E-state index in [4.69, 9.17) is 15.0 Å². The molecule has 0 saturated carbocycles. The highest BCUT2D eigenvalue weighted by Gasteiger charge is 2.09. The zero-order chi connectivity index (χ0) is 13.0. The second-order valence-electron chi connectivity index (χ2n) is 3.66. The van der Waals surface area contributed by atoms with Gasteiger partial charge in [0.2, 0.25) is 0 Å².